The third kappa shape index (κ3) is 1.99. The summed E-state index contributed by atoms with van der Waals surface area (Å²) in [6, 6.07) is 15.5. The number of aryl methyl sites for hydroxylation is 2. The maximum absolute atomic E-state index is 4.47. The van der Waals surface area contributed by atoms with Crippen LogP contribution in [0.2, 0.25) is 0 Å². The van der Waals surface area contributed by atoms with Crippen molar-refractivity contribution >= 4 is 17.0 Å². The molecule has 0 bridgehead atoms. The van der Waals surface area contributed by atoms with Gasteiger partial charge in [-0.2, -0.15) is 0 Å². The van der Waals surface area contributed by atoms with Crippen molar-refractivity contribution in [1.82, 2.24) is 0 Å². The zero-order chi connectivity index (χ0) is 16.2. The monoisotopic (exact) mass is 301 g/mol. The Kier molecular flexibility index (Phi) is 3.02. The van der Waals surface area contributed by atoms with E-state index in [0.717, 1.165) is 12.8 Å². The summed E-state index contributed by atoms with van der Waals surface area (Å²) in [6.07, 6.45) is 4.64. The maximum Gasteiger partial charge on any atom is 0.0646 e. The molecule has 2 aromatic carbocycles. The van der Waals surface area contributed by atoms with Crippen LogP contribution in [0, 0.1) is 6.92 Å². The Labute approximate surface area is 139 Å². The highest BCUT2D eigenvalue weighted by atomic mass is 15.2. The standard InChI is InChI=1S/C22H23N/c1-15-11-13-18(14-12-15)23-20-10-6-8-17-7-5-9-19(21(17)20)16(2)22(23,3)4/h5,7,9-14H,2,6,8H2,1,3-4H3. The lowest BCUT2D eigenvalue weighted by molar-refractivity contribution is 0.639. The molecular weight excluding hydrogens is 278 g/mol. The molecule has 1 heteroatoms. The van der Waals surface area contributed by atoms with Crippen LogP contribution in [-0.2, 0) is 6.42 Å². The van der Waals surface area contributed by atoms with Crippen molar-refractivity contribution in [3.8, 4) is 0 Å². The highest BCUT2D eigenvalue weighted by molar-refractivity contribution is 5.98. The quantitative estimate of drug-likeness (QED) is 0.663. The Bertz CT molecular complexity index is 822. The van der Waals surface area contributed by atoms with Gasteiger partial charge < -0.3 is 4.90 Å². The predicted molar refractivity (Wildman–Crippen MR) is 99.5 cm³/mol. The molecule has 1 heterocycles. The average Bonchev–Trinajstić information content (AvgIpc) is 2.54. The molecule has 23 heavy (non-hydrogen) atoms. The largest absolute Gasteiger partial charge is 0.331 e. The lowest BCUT2D eigenvalue weighted by atomic mass is 9.75. The molecule has 2 aliphatic rings. The second kappa shape index (κ2) is 4.86. The Morgan fingerprint density at radius 1 is 1.04 bits per heavy atom. The van der Waals surface area contributed by atoms with Gasteiger partial charge in [0, 0.05) is 16.9 Å². The summed E-state index contributed by atoms with van der Waals surface area (Å²) in [5, 5.41) is 0. The molecule has 0 saturated heterocycles. The van der Waals surface area contributed by atoms with Crippen LogP contribution in [0.4, 0.5) is 5.69 Å². The van der Waals surface area contributed by atoms with Crippen molar-refractivity contribution in [2.45, 2.75) is 39.2 Å². The van der Waals surface area contributed by atoms with E-state index in [2.05, 4.69) is 80.8 Å². The van der Waals surface area contributed by atoms with Crippen molar-refractivity contribution in [1.29, 1.82) is 0 Å². The van der Waals surface area contributed by atoms with Gasteiger partial charge in [-0.15, -0.1) is 0 Å². The van der Waals surface area contributed by atoms with Crippen LogP contribution in [0.1, 0.15) is 42.5 Å². The first-order chi connectivity index (χ1) is 11.0. The van der Waals surface area contributed by atoms with E-state index in [9.17, 15) is 0 Å². The van der Waals surface area contributed by atoms with Crippen molar-refractivity contribution in [2.75, 3.05) is 4.90 Å². The van der Waals surface area contributed by atoms with E-state index in [-0.39, 0.29) is 5.54 Å². The fourth-order valence-corrected chi connectivity index (χ4v) is 3.95. The highest BCUT2D eigenvalue weighted by Crippen LogP contribution is 2.49. The van der Waals surface area contributed by atoms with Crippen LogP contribution >= 0.6 is 0 Å². The van der Waals surface area contributed by atoms with E-state index in [1.807, 2.05) is 0 Å². The summed E-state index contributed by atoms with van der Waals surface area (Å²) in [6.45, 7) is 11.2. The summed E-state index contributed by atoms with van der Waals surface area (Å²) in [5.74, 6) is 0. The molecule has 0 amide bonds. The van der Waals surface area contributed by atoms with Gasteiger partial charge in [-0.1, -0.05) is 48.6 Å². The molecule has 0 radical (unpaired) electrons. The van der Waals surface area contributed by atoms with E-state index >= 15 is 0 Å². The van der Waals surface area contributed by atoms with Gasteiger partial charge in [-0.05, 0) is 62.4 Å². The first kappa shape index (κ1) is 14.3. The first-order valence-corrected chi connectivity index (χ1v) is 8.39. The number of allylic oxidation sites excluding steroid dienone is 1. The lowest BCUT2D eigenvalue weighted by Crippen LogP contribution is -2.47. The zero-order valence-electron chi connectivity index (χ0n) is 14.2. The molecule has 0 atom stereocenters. The summed E-state index contributed by atoms with van der Waals surface area (Å²) in [4.78, 5) is 2.47. The Morgan fingerprint density at radius 3 is 2.52 bits per heavy atom. The third-order valence-corrected chi connectivity index (χ3v) is 5.31. The van der Waals surface area contributed by atoms with E-state index in [1.54, 1.807) is 0 Å². The SMILES string of the molecule is C=C1c2cccc3c2C(=CCC3)N(c2ccc(C)cc2)C1(C)C. The minimum Gasteiger partial charge on any atom is -0.331 e. The fraction of sp³-hybridized carbons (Fsp3) is 0.273. The molecule has 1 nitrogen and oxygen atoms in total. The van der Waals surface area contributed by atoms with E-state index < -0.39 is 0 Å². The van der Waals surface area contributed by atoms with Crippen LogP contribution in [0.5, 0.6) is 0 Å². The van der Waals surface area contributed by atoms with Gasteiger partial charge in [-0.3, -0.25) is 0 Å². The molecular formula is C22H23N. The molecule has 1 aliphatic heterocycles. The summed E-state index contributed by atoms with van der Waals surface area (Å²) < 4.78 is 0. The molecule has 0 unspecified atom stereocenters. The molecule has 0 aromatic heterocycles. The molecule has 1 aliphatic carbocycles. The molecule has 0 spiro atoms. The van der Waals surface area contributed by atoms with Crippen LogP contribution in [0.25, 0.3) is 11.3 Å². The molecule has 0 fully saturated rings. The Morgan fingerprint density at radius 2 is 1.78 bits per heavy atom. The van der Waals surface area contributed by atoms with Crippen molar-refractivity contribution in [3.63, 3.8) is 0 Å². The number of benzene rings is 2. The van der Waals surface area contributed by atoms with E-state index in [1.165, 1.54) is 39.2 Å². The van der Waals surface area contributed by atoms with Crippen molar-refractivity contribution < 1.29 is 0 Å². The van der Waals surface area contributed by atoms with Crippen molar-refractivity contribution in [2.24, 2.45) is 0 Å². The van der Waals surface area contributed by atoms with Gasteiger partial charge in [0.05, 0.1) is 5.54 Å². The second-order valence-electron chi connectivity index (χ2n) is 7.18. The highest BCUT2D eigenvalue weighted by Gasteiger charge is 2.40. The molecule has 116 valence electrons. The van der Waals surface area contributed by atoms with Gasteiger partial charge >= 0.3 is 0 Å². The van der Waals surface area contributed by atoms with Crippen LogP contribution < -0.4 is 4.90 Å². The molecule has 0 saturated carbocycles. The summed E-state index contributed by atoms with van der Waals surface area (Å²) in [5.41, 5.74) is 9.12. The number of nitrogens with zero attached hydrogens (tertiary/aromatic N) is 1. The number of rotatable bonds is 1. The van der Waals surface area contributed by atoms with Gasteiger partial charge in [0.1, 0.15) is 0 Å². The topological polar surface area (TPSA) is 3.24 Å². The minimum atomic E-state index is -0.135. The maximum atomic E-state index is 4.47. The number of anilines is 1. The Balaban J connectivity index is 1.98. The smallest absolute Gasteiger partial charge is 0.0646 e. The number of hydrogen-bond acceptors (Lipinski definition) is 1. The zero-order valence-corrected chi connectivity index (χ0v) is 14.2. The summed E-state index contributed by atoms with van der Waals surface area (Å²) in [7, 11) is 0. The Hall–Kier alpha value is -2.28. The minimum absolute atomic E-state index is 0.135. The first-order valence-electron chi connectivity index (χ1n) is 8.39. The van der Waals surface area contributed by atoms with Gasteiger partial charge in [-0.25, -0.2) is 0 Å². The summed E-state index contributed by atoms with van der Waals surface area (Å²) >= 11 is 0. The second-order valence-corrected chi connectivity index (χ2v) is 7.18. The normalized spacial score (nSPS) is 18.5. The van der Waals surface area contributed by atoms with Crippen molar-refractivity contribution in [3.05, 3.63) is 77.4 Å². The van der Waals surface area contributed by atoms with Crippen LogP contribution in [0.15, 0.2) is 55.1 Å². The van der Waals surface area contributed by atoms with Crippen LogP contribution in [0.3, 0.4) is 0 Å². The average molecular weight is 301 g/mol. The fourth-order valence-electron chi connectivity index (χ4n) is 3.95. The van der Waals surface area contributed by atoms with E-state index in [4.69, 9.17) is 0 Å². The molecule has 2 aromatic rings. The van der Waals surface area contributed by atoms with Gasteiger partial charge in [0.15, 0.2) is 0 Å². The predicted octanol–water partition coefficient (Wildman–Crippen LogP) is 5.59. The number of hydrogen-bond donors (Lipinski definition) is 0. The van der Waals surface area contributed by atoms with Gasteiger partial charge in [0.25, 0.3) is 0 Å². The van der Waals surface area contributed by atoms with Gasteiger partial charge in [0.2, 0.25) is 0 Å². The van der Waals surface area contributed by atoms with E-state index in [0.29, 0.717) is 0 Å². The lowest BCUT2D eigenvalue weighted by Gasteiger charge is -2.49. The third-order valence-electron chi connectivity index (χ3n) is 5.31. The molecule has 4 rings (SSSR count). The molecule has 0 N–H and O–H groups in total. The van der Waals surface area contributed by atoms with Crippen LogP contribution in [-0.4, -0.2) is 5.54 Å².